The Morgan fingerprint density at radius 3 is 2.88 bits per heavy atom. The van der Waals surface area contributed by atoms with Gasteiger partial charge in [-0.05, 0) is 37.3 Å². The number of anilines is 1. The predicted octanol–water partition coefficient (Wildman–Crippen LogP) is 2.43. The summed E-state index contributed by atoms with van der Waals surface area (Å²) in [5.41, 5.74) is 6.62. The lowest BCUT2D eigenvalue weighted by Crippen LogP contribution is -2.26. The largest absolute Gasteiger partial charge is 0.357 e. The summed E-state index contributed by atoms with van der Waals surface area (Å²) in [6, 6.07) is 2.01. The Morgan fingerprint density at radius 1 is 1.56 bits per heavy atom. The SMILES string of the molecule is CCN(CC1CC1)c1cc(CN)c(Cl)cn1. The molecule has 0 amide bonds. The normalized spacial score (nSPS) is 15.2. The molecule has 2 N–H and O–H groups in total. The third-order valence-electron chi connectivity index (χ3n) is 3.02. The zero-order valence-corrected chi connectivity index (χ0v) is 10.4. The molecule has 1 aromatic heterocycles. The van der Waals surface area contributed by atoms with Gasteiger partial charge in [-0.2, -0.15) is 0 Å². The maximum absolute atomic E-state index is 6.00. The molecule has 3 nitrogen and oxygen atoms in total. The molecule has 2 rings (SSSR count). The summed E-state index contributed by atoms with van der Waals surface area (Å²) in [4.78, 5) is 6.68. The van der Waals surface area contributed by atoms with Gasteiger partial charge < -0.3 is 10.6 Å². The van der Waals surface area contributed by atoms with Crippen molar-refractivity contribution in [2.45, 2.75) is 26.3 Å². The number of hydrogen-bond acceptors (Lipinski definition) is 3. The Morgan fingerprint density at radius 2 is 2.31 bits per heavy atom. The first-order valence-electron chi connectivity index (χ1n) is 5.84. The van der Waals surface area contributed by atoms with Gasteiger partial charge in [0.2, 0.25) is 0 Å². The van der Waals surface area contributed by atoms with Crippen LogP contribution in [0.15, 0.2) is 12.3 Å². The van der Waals surface area contributed by atoms with E-state index in [-0.39, 0.29) is 0 Å². The zero-order chi connectivity index (χ0) is 11.5. The number of halogens is 1. The van der Waals surface area contributed by atoms with Gasteiger partial charge in [0, 0.05) is 25.8 Å². The molecule has 0 radical (unpaired) electrons. The van der Waals surface area contributed by atoms with Gasteiger partial charge in [0.1, 0.15) is 5.82 Å². The summed E-state index contributed by atoms with van der Waals surface area (Å²) in [5.74, 6) is 1.86. The summed E-state index contributed by atoms with van der Waals surface area (Å²) in [6.45, 7) is 4.71. The van der Waals surface area contributed by atoms with Gasteiger partial charge in [0.15, 0.2) is 0 Å². The maximum Gasteiger partial charge on any atom is 0.128 e. The molecule has 0 aliphatic heterocycles. The topological polar surface area (TPSA) is 42.1 Å². The average molecular weight is 240 g/mol. The van der Waals surface area contributed by atoms with Crippen molar-refractivity contribution in [2.24, 2.45) is 11.7 Å². The van der Waals surface area contributed by atoms with E-state index in [1.165, 1.54) is 12.8 Å². The molecule has 1 aromatic rings. The molecule has 0 saturated heterocycles. The first kappa shape index (κ1) is 11.7. The van der Waals surface area contributed by atoms with Gasteiger partial charge in [0.05, 0.1) is 5.02 Å². The fourth-order valence-corrected chi connectivity index (χ4v) is 1.97. The Labute approximate surface area is 102 Å². The fraction of sp³-hybridized carbons (Fsp3) is 0.583. The summed E-state index contributed by atoms with van der Waals surface area (Å²) in [7, 11) is 0. The third-order valence-corrected chi connectivity index (χ3v) is 3.36. The van der Waals surface area contributed by atoms with E-state index in [0.717, 1.165) is 30.4 Å². The fourth-order valence-electron chi connectivity index (χ4n) is 1.79. The number of hydrogen-bond donors (Lipinski definition) is 1. The Balaban J connectivity index is 2.16. The van der Waals surface area contributed by atoms with Crippen LogP contribution in [0.25, 0.3) is 0 Å². The van der Waals surface area contributed by atoms with Crippen LogP contribution in [0, 0.1) is 5.92 Å². The van der Waals surface area contributed by atoms with Crippen LogP contribution in [-0.4, -0.2) is 18.1 Å². The van der Waals surface area contributed by atoms with Crippen molar-refractivity contribution in [3.63, 3.8) is 0 Å². The van der Waals surface area contributed by atoms with E-state index < -0.39 is 0 Å². The first-order chi connectivity index (χ1) is 7.74. The minimum Gasteiger partial charge on any atom is -0.357 e. The number of aromatic nitrogens is 1. The molecule has 1 saturated carbocycles. The van der Waals surface area contributed by atoms with Crippen LogP contribution in [0.3, 0.4) is 0 Å². The quantitative estimate of drug-likeness (QED) is 0.858. The highest BCUT2D eigenvalue weighted by molar-refractivity contribution is 6.31. The molecule has 1 heterocycles. The van der Waals surface area contributed by atoms with Crippen LogP contribution < -0.4 is 10.6 Å². The zero-order valence-electron chi connectivity index (χ0n) is 9.62. The Bertz CT molecular complexity index is 363. The highest BCUT2D eigenvalue weighted by atomic mass is 35.5. The van der Waals surface area contributed by atoms with Gasteiger partial charge in [-0.3, -0.25) is 0 Å². The number of rotatable bonds is 5. The van der Waals surface area contributed by atoms with E-state index in [1.54, 1.807) is 6.20 Å². The van der Waals surface area contributed by atoms with Crippen LogP contribution in [-0.2, 0) is 6.54 Å². The third kappa shape index (κ3) is 2.66. The van der Waals surface area contributed by atoms with Crippen LogP contribution in [0.5, 0.6) is 0 Å². The molecule has 1 aliphatic carbocycles. The van der Waals surface area contributed by atoms with Crippen molar-refractivity contribution < 1.29 is 0 Å². The van der Waals surface area contributed by atoms with Crippen molar-refractivity contribution in [1.29, 1.82) is 0 Å². The standard InChI is InChI=1S/C12H18ClN3/c1-2-16(8-9-3-4-9)12-5-10(6-14)11(13)7-15-12/h5,7,9H,2-4,6,8,14H2,1H3. The van der Waals surface area contributed by atoms with Crippen LogP contribution >= 0.6 is 11.6 Å². The lowest BCUT2D eigenvalue weighted by molar-refractivity contribution is 0.731. The van der Waals surface area contributed by atoms with E-state index in [1.807, 2.05) is 6.07 Å². The molecule has 0 bridgehead atoms. The summed E-state index contributed by atoms with van der Waals surface area (Å²) >= 11 is 6.00. The minimum atomic E-state index is 0.468. The second-order valence-corrected chi connectivity index (χ2v) is 4.73. The summed E-state index contributed by atoms with van der Waals surface area (Å²) in [6.07, 6.45) is 4.41. The number of nitrogens with two attached hydrogens (primary N) is 1. The average Bonchev–Trinajstić information content (AvgIpc) is 3.11. The molecule has 1 aliphatic rings. The van der Waals surface area contributed by atoms with E-state index in [9.17, 15) is 0 Å². The summed E-state index contributed by atoms with van der Waals surface area (Å²) in [5, 5.41) is 0.661. The van der Waals surface area contributed by atoms with Crippen molar-refractivity contribution in [2.75, 3.05) is 18.0 Å². The second-order valence-electron chi connectivity index (χ2n) is 4.32. The van der Waals surface area contributed by atoms with E-state index in [2.05, 4.69) is 16.8 Å². The van der Waals surface area contributed by atoms with Gasteiger partial charge in [-0.1, -0.05) is 11.6 Å². The number of pyridine rings is 1. The van der Waals surface area contributed by atoms with Crippen molar-refractivity contribution in [3.05, 3.63) is 22.8 Å². The molecule has 88 valence electrons. The number of nitrogens with zero attached hydrogens (tertiary/aromatic N) is 2. The molecule has 16 heavy (non-hydrogen) atoms. The van der Waals surface area contributed by atoms with Gasteiger partial charge in [-0.25, -0.2) is 4.98 Å². The first-order valence-corrected chi connectivity index (χ1v) is 6.21. The molecular formula is C12H18ClN3. The molecule has 4 heteroatoms. The highest BCUT2D eigenvalue weighted by Gasteiger charge is 2.24. The van der Waals surface area contributed by atoms with Crippen LogP contribution in [0.1, 0.15) is 25.3 Å². The van der Waals surface area contributed by atoms with Gasteiger partial charge >= 0.3 is 0 Å². The van der Waals surface area contributed by atoms with Crippen molar-refractivity contribution in [3.8, 4) is 0 Å². The van der Waals surface area contributed by atoms with Gasteiger partial charge in [-0.15, -0.1) is 0 Å². The summed E-state index contributed by atoms with van der Waals surface area (Å²) < 4.78 is 0. The molecule has 0 aromatic carbocycles. The van der Waals surface area contributed by atoms with Crippen molar-refractivity contribution in [1.82, 2.24) is 4.98 Å². The molecule has 0 spiro atoms. The predicted molar refractivity (Wildman–Crippen MR) is 67.7 cm³/mol. The Hall–Kier alpha value is -0.800. The molecular weight excluding hydrogens is 222 g/mol. The smallest absolute Gasteiger partial charge is 0.128 e. The molecule has 0 atom stereocenters. The highest BCUT2D eigenvalue weighted by Crippen LogP contribution is 2.31. The Kier molecular flexibility index (Phi) is 3.66. The van der Waals surface area contributed by atoms with Crippen LogP contribution in [0.4, 0.5) is 5.82 Å². The monoisotopic (exact) mass is 239 g/mol. The van der Waals surface area contributed by atoms with E-state index in [0.29, 0.717) is 11.6 Å². The van der Waals surface area contributed by atoms with Crippen LogP contribution in [0.2, 0.25) is 5.02 Å². The van der Waals surface area contributed by atoms with E-state index in [4.69, 9.17) is 17.3 Å². The van der Waals surface area contributed by atoms with E-state index >= 15 is 0 Å². The maximum atomic E-state index is 6.00. The lowest BCUT2D eigenvalue weighted by atomic mass is 10.2. The van der Waals surface area contributed by atoms with Gasteiger partial charge in [0.25, 0.3) is 0 Å². The second kappa shape index (κ2) is 5.02. The lowest BCUT2D eigenvalue weighted by Gasteiger charge is -2.22. The molecule has 0 unspecified atom stereocenters. The minimum absolute atomic E-state index is 0.468. The molecule has 1 fully saturated rings. The van der Waals surface area contributed by atoms with Crippen molar-refractivity contribution >= 4 is 17.4 Å².